The molecular weight excluding hydrogens is 309 g/mol. The summed E-state index contributed by atoms with van der Waals surface area (Å²) in [5.74, 6) is -0.542. The van der Waals surface area contributed by atoms with Gasteiger partial charge in [0.2, 0.25) is 5.91 Å². The van der Waals surface area contributed by atoms with E-state index in [1.54, 1.807) is 18.2 Å². The molecule has 0 heterocycles. The van der Waals surface area contributed by atoms with Gasteiger partial charge >= 0.3 is 0 Å². The van der Waals surface area contributed by atoms with Crippen molar-refractivity contribution in [3.63, 3.8) is 0 Å². The number of halogens is 2. The van der Waals surface area contributed by atoms with Gasteiger partial charge in [0.15, 0.2) is 0 Å². The Morgan fingerprint density at radius 3 is 2.37 bits per heavy atom. The molecule has 0 atom stereocenters. The van der Waals surface area contributed by atoms with Gasteiger partial charge < -0.3 is 5.32 Å². The summed E-state index contributed by atoms with van der Waals surface area (Å²) in [5.41, 5.74) is 1.40. The van der Waals surface area contributed by atoms with E-state index in [-0.39, 0.29) is 18.1 Å². The van der Waals surface area contributed by atoms with Crippen LogP contribution in [0.3, 0.4) is 0 Å². The van der Waals surface area contributed by atoms with Crippen molar-refractivity contribution in [2.75, 3.05) is 0 Å². The van der Waals surface area contributed by atoms with Crippen LogP contribution in [0.25, 0.3) is 0 Å². The predicted octanol–water partition coefficient (Wildman–Crippen LogP) is 3.45. The molecule has 2 rings (SSSR count). The first-order valence-corrected chi connectivity index (χ1v) is 6.69. The topological polar surface area (TPSA) is 29.1 Å². The second kappa shape index (κ2) is 6.48. The van der Waals surface area contributed by atoms with Crippen LogP contribution in [-0.4, -0.2) is 5.91 Å². The van der Waals surface area contributed by atoms with Crippen LogP contribution < -0.4 is 5.32 Å². The third-order valence-electron chi connectivity index (χ3n) is 2.74. The first kappa shape index (κ1) is 13.7. The van der Waals surface area contributed by atoms with Crippen molar-refractivity contribution in [3.8, 4) is 0 Å². The number of hydrogen-bond acceptors (Lipinski definition) is 1. The molecule has 2 nitrogen and oxygen atoms in total. The lowest BCUT2D eigenvalue weighted by molar-refractivity contribution is -0.120. The molecule has 0 fully saturated rings. The smallest absolute Gasteiger partial charge is 0.224 e. The number of hydrogen-bond donors (Lipinski definition) is 1. The average molecular weight is 322 g/mol. The van der Waals surface area contributed by atoms with Crippen LogP contribution in [0.1, 0.15) is 11.1 Å². The van der Waals surface area contributed by atoms with Crippen molar-refractivity contribution >= 4 is 21.8 Å². The summed E-state index contributed by atoms with van der Waals surface area (Å²) in [6, 6.07) is 14.0. The van der Waals surface area contributed by atoms with Gasteiger partial charge in [-0.25, -0.2) is 4.39 Å². The number of nitrogens with one attached hydrogen (secondary N) is 1. The molecule has 0 radical (unpaired) electrons. The molecule has 4 heteroatoms. The molecule has 98 valence electrons. The summed E-state index contributed by atoms with van der Waals surface area (Å²) in [6.45, 7) is 0.425. The zero-order chi connectivity index (χ0) is 13.7. The largest absolute Gasteiger partial charge is 0.352 e. The van der Waals surface area contributed by atoms with Gasteiger partial charge in [-0.15, -0.1) is 0 Å². The van der Waals surface area contributed by atoms with Crippen LogP contribution in [-0.2, 0) is 17.8 Å². The van der Waals surface area contributed by atoms with Gasteiger partial charge in [0.25, 0.3) is 0 Å². The van der Waals surface area contributed by atoms with Gasteiger partial charge in [0.05, 0.1) is 6.42 Å². The van der Waals surface area contributed by atoms with E-state index < -0.39 is 0 Å². The van der Waals surface area contributed by atoms with Crippen molar-refractivity contribution in [1.82, 2.24) is 5.32 Å². The molecule has 0 aliphatic carbocycles. The molecule has 0 aliphatic heterocycles. The summed E-state index contributed by atoms with van der Waals surface area (Å²) in [5, 5.41) is 2.78. The number of amides is 1. The summed E-state index contributed by atoms with van der Waals surface area (Å²) in [7, 11) is 0. The fourth-order valence-corrected chi connectivity index (χ4v) is 2.14. The maximum absolute atomic E-state index is 13.4. The molecule has 0 aromatic heterocycles. The lowest BCUT2D eigenvalue weighted by Gasteiger charge is -2.07. The molecule has 0 aliphatic rings. The van der Waals surface area contributed by atoms with Crippen LogP contribution in [0, 0.1) is 5.82 Å². The highest BCUT2D eigenvalue weighted by molar-refractivity contribution is 9.10. The second-order valence-electron chi connectivity index (χ2n) is 4.14. The summed E-state index contributed by atoms with van der Waals surface area (Å²) >= 11 is 3.41. The molecule has 0 saturated heterocycles. The van der Waals surface area contributed by atoms with Crippen molar-refractivity contribution < 1.29 is 9.18 Å². The van der Waals surface area contributed by atoms with Gasteiger partial charge in [-0.3, -0.25) is 4.79 Å². The van der Waals surface area contributed by atoms with Crippen LogP contribution in [0.15, 0.2) is 53.0 Å². The lowest BCUT2D eigenvalue weighted by Crippen LogP contribution is -2.25. The zero-order valence-electron chi connectivity index (χ0n) is 10.2. The highest BCUT2D eigenvalue weighted by Gasteiger charge is 2.07. The molecule has 0 saturated carbocycles. The van der Waals surface area contributed by atoms with Crippen molar-refractivity contribution in [1.29, 1.82) is 0 Å². The third-order valence-corrected chi connectivity index (χ3v) is 3.52. The minimum Gasteiger partial charge on any atom is -0.352 e. The first-order valence-electron chi connectivity index (χ1n) is 5.90. The Kier molecular flexibility index (Phi) is 4.68. The molecule has 2 aromatic rings. The highest BCUT2D eigenvalue weighted by Crippen LogP contribution is 2.15. The Balaban J connectivity index is 1.92. The minimum atomic E-state index is -0.349. The van der Waals surface area contributed by atoms with Gasteiger partial charge in [-0.1, -0.05) is 52.3 Å². The maximum atomic E-state index is 13.4. The highest BCUT2D eigenvalue weighted by atomic mass is 79.9. The van der Waals surface area contributed by atoms with E-state index in [0.29, 0.717) is 12.1 Å². The van der Waals surface area contributed by atoms with Gasteiger partial charge in [-0.05, 0) is 23.3 Å². The maximum Gasteiger partial charge on any atom is 0.224 e. The van der Waals surface area contributed by atoms with Crippen molar-refractivity contribution in [2.24, 2.45) is 0 Å². The quantitative estimate of drug-likeness (QED) is 0.918. The van der Waals surface area contributed by atoms with E-state index in [1.807, 2.05) is 24.3 Å². The summed E-state index contributed by atoms with van der Waals surface area (Å²) < 4.78 is 14.3. The summed E-state index contributed by atoms with van der Waals surface area (Å²) in [6.07, 6.45) is 0.0527. The molecule has 0 unspecified atom stereocenters. The van der Waals surface area contributed by atoms with Crippen LogP contribution in [0.2, 0.25) is 0 Å². The average Bonchev–Trinajstić information content (AvgIpc) is 2.40. The van der Waals surface area contributed by atoms with Gasteiger partial charge in [0.1, 0.15) is 5.82 Å². The zero-order valence-corrected chi connectivity index (χ0v) is 11.8. The Morgan fingerprint density at radius 2 is 1.68 bits per heavy atom. The first-order chi connectivity index (χ1) is 9.16. The fraction of sp³-hybridized carbons (Fsp3) is 0.133. The van der Waals surface area contributed by atoms with Crippen molar-refractivity contribution in [3.05, 3.63) is 69.9 Å². The molecule has 1 amide bonds. The number of carbonyl (C=O) groups is 1. The number of rotatable bonds is 4. The molecule has 19 heavy (non-hydrogen) atoms. The molecule has 1 N–H and O–H groups in total. The van der Waals surface area contributed by atoms with Crippen molar-refractivity contribution in [2.45, 2.75) is 13.0 Å². The Morgan fingerprint density at radius 1 is 1.05 bits per heavy atom. The normalized spacial score (nSPS) is 10.2. The van der Waals surface area contributed by atoms with E-state index in [9.17, 15) is 9.18 Å². The van der Waals surface area contributed by atoms with Crippen LogP contribution >= 0.6 is 15.9 Å². The van der Waals surface area contributed by atoms with E-state index in [0.717, 1.165) is 10.0 Å². The molecule has 0 bridgehead atoms. The fourth-order valence-electron chi connectivity index (χ4n) is 1.71. The number of benzene rings is 2. The third kappa shape index (κ3) is 3.89. The second-order valence-corrected chi connectivity index (χ2v) is 4.99. The summed E-state index contributed by atoms with van der Waals surface area (Å²) in [4.78, 5) is 11.8. The van der Waals surface area contributed by atoms with E-state index in [4.69, 9.17) is 0 Å². The van der Waals surface area contributed by atoms with Gasteiger partial charge in [0, 0.05) is 11.0 Å². The SMILES string of the molecule is O=C(Cc1ccccc1F)NCc1ccccc1Br. The minimum absolute atomic E-state index is 0.0527. The van der Waals surface area contributed by atoms with E-state index in [2.05, 4.69) is 21.2 Å². The molecule has 0 spiro atoms. The Labute approximate surface area is 119 Å². The van der Waals surface area contributed by atoms with Crippen LogP contribution in [0.4, 0.5) is 4.39 Å². The monoisotopic (exact) mass is 321 g/mol. The van der Waals surface area contributed by atoms with Gasteiger partial charge in [-0.2, -0.15) is 0 Å². The number of carbonyl (C=O) groups excluding carboxylic acids is 1. The molecular formula is C15H13BrFNO. The standard InChI is InChI=1S/C15H13BrFNO/c16-13-7-3-1-6-12(13)10-18-15(19)9-11-5-2-4-8-14(11)17/h1-8H,9-10H2,(H,18,19). The predicted molar refractivity (Wildman–Crippen MR) is 76.1 cm³/mol. The Bertz CT molecular complexity index is 586. The van der Waals surface area contributed by atoms with E-state index >= 15 is 0 Å². The Hall–Kier alpha value is -1.68. The van der Waals surface area contributed by atoms with E-state index in [1.165, 1.54) is 6.07 Å². The van der Waals surface area contributed by atoms with Crippen LogP contribution in [0.5, 0.6) is 0 Å². The molecule has 2 aromatic carbocycles. The lowest BCUT2D eigenvalue weighted by atomic mass is 10.1.